The van der Waals surface area contributed by atoms with Crippen LogP contribution >= 0.6 is 22.9 Å². The van der Waals surface area contributed by atoms with E-state index in [1.54, 1.807) is 11.3 Å². The van der Waals surface area contributed by atoms with Gasteiger partial charge in [0.2, 0.25) is 0 Å². The molecule has 0 radical (unpaired) electrons. The molecule has 0 spiro atoms. The first-order valence-corrected chi connectivity index (χ1v) is 6.13. The van der Waals surface area contributed by atoms with E-state index in [1.807, 2.05) is 32.2 Å². The molecule has 0 bridgehead atoms. The molecule has 80 valence electrons. The van der Waals surface area contributed by atoms with Gasteiger partial charge in [-0.3, -0.25) is 0 Å². The smallest absolute Gasteiger partial charge is 0.186 e. The molecule has 2 nitrogen and oxygen atoms in total. The number of fused-ring (bicyclic) bond motifs is 1. The maximum Gasteiger partial charge on any atom is 0.186 e. The van der Waals surface area contributed by atoms with Gasteiger partial charge in [-0.15, -0.1) is 11.6 Å². The molecule has 2 rings (SSSR count). The van der Waals surface area contributed by atoms with Gasteiger partial charge in [0, 0.05) is 19.0 Å². The van der Waals surface area contributed by atoms with Crippen LogP contribution < -0.4 is 4.90 Å². The lowest BCUT2D eigenvalue weighted by atomic mass is 10.3. The number of para-hydroxylation sites is 1. The van der Waals surface area contributed by atoms with Crippen molar-refractivity contribution in [1.29, 1.82) is 0 Å². The molecule has 1 heterocycles. The van der Waals surface area contributed by atoms with E-state index >= 15 is 0 Å². The van der Waals surface area contributed by atoms with Crippen molar-refractivity contribution in [3.63, 3.8) is 0 Å². The van der Waals surface area contributed by atoms with Crippen LogP contribution in [0.25, 0.3) is 10.2 Å². The summed E-state index contributed by atoms with van der Waals surface area (Å²) in [6.07, 6.45) is 0. The SMILES string of the molecule is CC(Cl)CN(C)c1nc2ccccc2s1. The molecule has 0 aliphatic carbocycles. The second kappa shape index (κ2) is 4.37. The summed E-state index contributed by atoms with van der Waals surface area (Å²) in [6.45, 7) is 2.81. The summed E-state index contributed by atoms with van der Waals surface area (Å²) in [4.78, 5) is 6.65. The Morgan fingerprint density at radius 2 is 2.20 bits per heavy atom. The normalized spacial score (nSPS) is 13.0. The Balaban J connectivity index is 2.28. The number of hydrogen-bond acceptors (Lipinski definition) is 3. The zero-order valence-corrected chi connectivity index (χ0v) is 10.3. The number of nitrogens with zero attached hydrogens (tertiary/aromatic N) is 2. The van der Waals surface area contributed by atoms with E-state index < -0.39 is 0 Å². The highest BCUT2D eigenvalue weighted by molar-refractivity contribution is 7.22. The van der Waals surface area contributed by atoms with Crippen molar-refractivity contribution in [2.75, 3.05) is 18.5 Å². The number of hydrogen-bond donors (Lipinski definition) is 0. The van der Waals surface area contributed by atoms with Crippen LogP contribution in [0.1, 0.15) is 6.92 Å². The van der Waals surface area contributed by atoms with Gasteiger partial charge in [0.15, 0.2) is 5.13 Å². The van der Waals surface area contributed by atoms with Gasteiger partial charge in [-0.05, 0) is 19.1 Å². The van der Waals surface area contributed by atoms with Crippen molar-refractivity contribution in [1.82, 2.24) is 4.98 Å². The zero-order chi connectivity index (χ0) is 10.8. The molecule has 0 amide bonds. The topological polar surface area (TPSA) is 16.1 Å². The molecule has 4 heteroatoms. The quantitative estimate of drug-likeness (QED) is 0.765. The second-order valence-electron chi connectivity index (χ2n) is 3.63. The fraction of sp³-hybridized carbons (Fsp3) is 0.364. The van der Waals surface area contributed by atoms with E-state index in [9.17, 15) is 0 Å². The number of benzene rings is 1. The first-order chi connectivity index (χ1) is 7.16. The van der Waals surface area contributed by atoms with E-state index in [4.69, 9.17) is 11.6 Å². The number of alkyl halides is 1. The second-order valence-corrected chi connectivity index (χ2v) is 5.38. The summed E-state index contributed by atoms with van der Waals surface area (Å²) >= 11 is 7.66. The molecule has 0 fully saturated rings. The molecule has 1 unspecified atom stereocenters. The average Bonchev–Trinajstić information content (AvgIpc) is 2.59. The molecule has 0 aliphatic rings. The molecule has 0 saturated heterocycles. The number of aromatic nitrogens is 1. The highest BCUT2D eigenvalue weighted by Gasteiger charge is 2.09. The molecule has 0 N–H and O–H groups in total. The molecule has 15 heavy (non-hydrogen) atoms. The van der Waals surface area contributed by atoms with Crippen LogP contribution in [0.2, 0.25) is 0 Å². The van der Waals surface area contributed by atoms with Crippen LogP contribution in [-0.4, -0.2) is 24.0 Å². The summed E-state index contributed by atoms with van der Waals surface area (Å²) in [6, 6.07) is 8.17. The van der Waals surface area contributed by atoms with Crippen LogP contribution in [0.15, 0.2) is 24.3 Å². The number of anilines is 1. The number of thiazole rings is 1. The average molecular weight is 241 g/mol. The fourth-order valence-corrected chi connectivity index (χ4v) is 2.62. The standard InChI is InChI=1S/C11H13ClN2S/c1-8(12)7-14(2)11-13-9-5-3-4-6-10(9)15-11/h3-6,8H,7H2,1-2H3. The van der Waals surface area contributed by atoms with E-state index in [1.165, 1.54) is 4.70 Å². The Hall–Kier alpha value is -0.800. The summed E-state index contributed by atoms with van der Waals surface area (Å²) in [5, 5.41) is 1.17. The summed E-state index contributed by atoms with van der Waals surface area (Å²) in [5.41, 5.74) is 1.06. The van der Waals surface area contributed by atoms with Gasteiger partial charge in [-0.2, -0.15) is 0 Å². The number of halogens is 1. The molecular weight excluding hydrogens is 228 g/mol. The van der Waals surface area contributed by atoms with Crippen molar-refractivity contribution in [3.8, 4) is 0 Å². The van der Waals surface area contributed by atoms with Crippen molar-refractivity contribution >= 4 is 38.3 Å². The first-order valence-electron chi connectivity index (χ1n) is 4.87. The fourth-order valence-electron chi connectivity index (χ4n) is 1.48. The van der Waals surface area contributed by atoms with Crippen LogP contribution in [0.4, 0.5) is 5.13 Å². The van der Waals surface area contributed by atoms with Gasteiger partial charge < -0.3 is 4.90 Å². The maximum absolute atomic E-state index is 5.96. The minimum atomic E-state index is 0.141. The van der Waals surface area contributed by atoms with E-state index in [2.05, 4.69) is 16.0 Å². The van der Waals surface area contributed by atoms with Gasteiger partial charge >= 0.3 is 0 Å². The lowest BCUT2D eigenvalue weighted by Crippen LogP contribution is -2.23. The lowest BCUT2D eigenvalue weighted by Gasteiger charge is -2.16. The van der Waals surface area contributed by atoms with Crippen LogP contribution in [0, 0.1) is 0 Å². The van der Waals surface area contributed by atoms with E-state index in [-0.39, 0.29) is 5.38 Å². The van der Waals surface area contributed by atoms with Crippen molar-refractivity contribution in [2.45, 2.75) is 12.3 Å². The zero-order valence-electron chi connectivity index (χ0n) is 8.77. The first kappa shape index (κ1) is 10.7. The molecule has 1 aromatic heterocycles. The maximum atomic E-state index is 5.96. The minimum Gasteiger partial charge on any atom is -0.350 e. The van der Waals surface area contributed by atoms with E-state index in [0.29, 0.717) is 0 Å². The predicted molar refractivity (Wildman–Crippen MR) is 68.2 cm³/mol. The molecule has 0 saturated carbocycles. The van der Waals surface area contributed by atoms with Crippen molar-refractivity contribution in [2.24, 2.45) is 0 Å². The molecule has 2 aromatic rings. The lowest BCUT2D eigenvalue weighted by molar-refractivity contribution is 0.856. The summed E-state index contributed by atoms with van der Waals surface area (Å²) < 4.78 is 1.22. The highest BCUT2D eigenvalue weighted by Crippen LogP contribution is 2.27. The largest absolute Gasteiger partial charge is 0.350 e. The minimum absolute atomic E-state index is 0.141. The van der Waals surface area contributed by atoms with Gasteiger partial charge in [-0.25, -0.2) is 4.98 Å². The third-order valence-corrected chi connectivity index (χ3v) is 3.42. The molecule has 0 aliphatic heterocycles. The molecular formula is C11H13ClN2S. The predicted octanol–water partition coefficient (Wildman–Crippen LogP) is 3.36. The Bertz CT molecular complexity index is 420. The Morgan fingerprint density at radius 1 is 1.47 bits per heavy atom. The Morgan fingerprint density at radius 3 is 2.87 bits per heavy atom. The summed E-state index contributed by atoms with van der Waals surface area (Å²) in [7, 11) is 2.02. The third kappa shape index (κ3) is 2.41. The molecule has 1 aromatic carbocycles. The Labute approximate surface area is 98.5 Å². The van der Waals surface area contributed by atoms with E-state index in [0.717, 1.165) is 17.2 Å². The van der Waals surface area contributed by atoms with Crippen molar-refractivity contribution in [3.05, 3.63) is 24.3 Å². The van der Waals surface area contributed by atoms with Crippen molar-refractivity contribution < 1.29 is 0 Å². The van der Waals surface area contributed by atoms with Gasteiger partial charge in [0.25, 0.3) is 0 Å². The monoisotopic (exact) mass is 240 g/mol. The van der Waals surface area contributed by atoms with Gasteiger partial charge in [0.05, 0.1) is 10.2 Å². The highest BCUT2D eigenvalue weighted by atomic mass is 35.5. The molecule has 1 atom stereocenters. The van der Waals surface area contributed by atoms with Gasteiger partial charge in [-0.1, -0.05) is 23.5 Å². The van der Waals surface area contributed by atoms with Crippen LogP contribution in [0.5, 0.6) is 0 Å². The Kier molecular flexibility index (Phi) is 3.12. The third-order valence-electron chi connectivity index (χ3n) is 2.13. The van der Waals surface area contributed by atoms with Crippen LogP contribution in [-0.2, 0) is 0 Å². The number of rotatable bonds is 3. The van der Waals surface area contributed by atoms with Crippen LogP contribution in [0.3, 0.4) is 0 Å². The van der Waals surface area contributed by atoms with Gasteiger partial charge in [0.1, 0.15) is 0 Å². The summed E-state index contributed by atoms with van der Waals surface area (Å²) in [5.74, 6) is 0.